The molecule has 0 bridgehead atoms. The van der Waals surface area contributed by atoms with Gasteiger partial charge in [-0.05, 0) is 43.4 Å². The van der Waals surface area contributed by atoms with Gasteiger partial charge in [0.25, 0.3) is 0 Å². The van der Waals surface area contributed by atoms with Crippen LogP contribution in [0.4, 0.5) is 0 Å². The van der Waals surface area contributed by atoms with Crippen LogP contribution in [-0.4, -0.2) is 5.78 Å². The highest BCUT2D eigenvalue weighted by atomic mass is 16.1. The summed E-state index contributed by atoms with van der Waals surface area (Å²) in [6.45, 7) is 7.22. The molecule has 0 fully saturated rings. The highest BCUT2D eigenvalue weighted by Gasteiger charge is 2.05. The predicted molar refractivity (Wildman–Crippen MR) is 87.4 cm³/mol. The summed E-state index contributed by atoms with van der Waals surface area (Å²) in [5, 5.41) is 0. The lowest BCUT2D eigenvalue weighted by Gasteiger charge is -2.04. The standard InChI is InChI=1S/C19H22O/c1-3-5-6-7-8-12-15-18(19(20)4-2)16-17-13-10-9-11-14-17/h3-6,9-11,13-14,16H,1-2,7-8,12,15H2/b6-5+,18-16+. The third-order valence-electron chi connectivity index (χ3n) is 2.98. The molecule has 0 unspecified atom stereocenters. The van der Waals surface area contributed by atoms with Crippen molar-refractivity contribution in [3.05, 3.63) is 78.9 Å². The predicted octanol–water partition coefficient (Wildman–Crippen LogP) is 5.13. The molecule has 20 heavy (non-hydrogen) atoms. The van der Waals surface area contributed by atoms with Crippen molar-refractivity contribution in [1.82, 2.24) is 0 Å². The molecular weight excluding hydrogens is 244 g/mol. The molecule has 1 aromatic rings. The molecule has 1 aromatic carbocycles. The highest BCUT2D eigenvalue weighted by Crippen LogP contribution is 2.15. The van der Waals surface area contributed by atoms with Crippen LogP contribution in [0.3, 0.4) is 0 Å². The largest absolute Gasteiger partial charge is 0.290 e. The van der Waals surface area contributed by atoms with E-state index >= 15 is 0 Å². The molecule has 0 saturated heterocycles. The van der Waals surface area contributed by atoms with E-state index in [9.17, 15) is 4.79 Å². The summed E-state index contributed by atoms with van der Waals surface area (Å²) in [5.41, 5.74) is 1.89. The minimum absolute atomic E-state index is 0.0236. The quantitative estimate of drug-likeness (QED) is 0.344. The van der Waals surface area contributed by atoms with Crippen LogP contribution in [0.15, 0.2) is 73.4 Å². The summed E-state index contributed by atoms with van der Waals surface area (Å²) in [6.07, 6.45) is 13.1. The fraction of sp³-hybridized carbons (Fsp3) is 0.211. The first-order valence-electron chi connectivity index (χ1n) is 6.98. The Hall–Kier alpha value is -2.15. The summed E-state index contributed by atoms with van der Waals surface area (Å²) in [5.74, 6) is 0.0236. The molecule has 0 aliphatic carbocycles. The van der Waals surface area contributed by atoms with Crippen molar-refractivity contribution in [2.24, 2.45) is 0 Å². The number of carbonyl (C=O) groups excluding carboxylic acids is 1. The molecule has 0 atom stereocenters. The summed E-state index contributed by atoms with van der Waals surface area (Å²) in [7, 11) is 0. The number of ketones is 1. The van der Waals surface area contributed by atoms with E-state index in [4.69, 9.17) is 0 Å². The first kappa shape index (κ1) is 15.9. The Morgan fingerprint density at radius 2 is 1.85 bits per heavy atom. The summed E-state index contributed by atoms with van der Waals surface area (Å²) < 4.78 is 0. The van der Waals surface area contributed by atoms with E-state index in [0.717, 1.165) is 36.8 Å². The van der Waals surface area contributed by atoms with Gasteiger partial charge in [-0.1, -0.05) is 61.7 Å². The molecule has 1 nitrogen and oxygen atoms in total. The Labute approximate surface area is 122 Å². The SMILES string of the molecule is C=C/C=C/CCCC/C(=C\c1ccccc1)C(=O)C=C. The minimum Gasteiger partial charge on any atom is -0.290 e. The van der Waals surface area contributed by atoms with Gasteiger partial charge in [0.15, 0.2) is 5.78 Å². The van der Waals surface area contributed by atoms with Crippen molar-refractivity contribution in [1.29, 1.82) is 0 Å². The molecule has 1 rings (SSSR count). The average molecular weight is 266 g/mol. The van der Waals surface area contributed by atoms with Crippen LogP contribution in [0.1, 0.15) is 31.2 Å². The number of allylic oxidation sites excluding steroid dienone is 5. The number of carbonyl (C=O) groups is 1. The fourth-order valence-electron chi connectivity index (χ4n) is 1.92. The van der Waals surface area contributed by atoms with Crippen LogP contribution in [0, 0.1) is 0 Å². The summed E-state index contributed by atoms with van der Waals surface area (Å²) in [4.78, 5) is 11.9. The van der Waals surface area contributed by atoms with E-state index < -0.39 is 0 Å². The molecule has 0 spiro atoms. The smallest absolute Gasteiger partial charge is 0.181 e. The van der Waals surface area contributed by atoms with Gasteiger partial charge >= 0.3 is 0 Å². The van der Waals surface area contributed by atoms with Crippen LogP contribution in [-0.2, 0) is 4.79 Å². The summed E-state index contributed by atoms with van der Waals surface area (Å²) in [6, 6.07) is 9.93. The highest BCUT2D eigenvalue weighted by molar-refractivity contribution is 6.06. The number of benzene rings is 1. The van der Waals surface area contributed by atoms with Crippen LogP contribution in [0.5, 0.6) is 0 Å². The van der Waals surface area contributed by atoms with Crippen molar-refractivity contribution in [3.8, 4) is 0 Å². The van der Waals surface area contributed by atoms with Crippen molar-refractivity contribution in [3.63, 3.8) is 0 Å². The first-order valence-corrected chi connectivity index (χ1v) is 6.98. The first-order chi connectivity index (χ1) is 9.77. The Morgan fingerprint density at radius 1 is 1.10 bits per heavy atom. The van der Waals surface area contributed by atoms with E-state index in [-0.39, 0.29) is 5.78 Å². The topological polar surface area (TPSA) is 17.1 Å². The second-order valence-corrected chi connectivity index (χ2v) is 4.56. The summed E-state index contributed by atoms with van der Waals surface area (Å²) >= 11 is 0. The van der Waals surface area contributed by atoms with Crippen LogP contribution < -0.4 is 0 Å². The van der Waals surface area contributed by atoms with Gasteiger partial charge in [-0.25, -0.2) is 0 Å². The average Bonchev–Trinajstić information content (AvgIpc) is 2.49. The Balaban J connectivity index is 2.59. The van der Waals surface area contributed by atoms with Gasteiger partial charge in [-0.3, -0.25) is 4.79 Å². The lowest BCUT2D eigenvalue weighted by atomic mass is 10.0. The van der Waals surface area contributed by atoms with E-state index in [1.165, 1.54) is 6.08 Å². The second-order valence-electron chi connectivity index (χ2n) is 4.56. The van der Waals surface area contributed by atoms with Crippen LogP contribution in [0.25, 0.3) is 6.08 Å². The normalized spacial score (nSPS) is 11.5. The molecule has 0 heterocycles. The minimum atomic E-state index is 0.0236. The molecule has 0 saturated carbocycles. The molecule has 0 aromatic heterocycles. The van der Waals surface area contributed by atoms with Gasteiger partial charge in [0.05, 0.1) is 0 Å². The third-order valence-corrected chi connectivity index (χ3v) is 2.98. The van der Waals surface area contributed by atoms with Gasteiger partial charge < -0.3 is 0 Å². The Morgan fingerprint density at radius 3 is 2.50 bits per heavy atom. The molecule has 0 radical (unpaired) electrons. The second kappa shape index (κ2) is 9.74. The van der Waals surface area contributed by atoms with Crippen LogP contribution in [0.2, 0.25) is 0 Å². The lowest BCUT2D eigenvalue weighted by molar-refractivity contribution is -0.111. The zero-order valence-corrected chi connectivity index (χ0v) is 11.9. The van der Waals surface area contributed by atoms with E-state index in [1.54, 1.807) is 6.08 Å². The maximum absolute atomic E-state index is 11.9. The maximum atomic E-state index is 11.9. The Bertz CT molecular complexity index is 492. The number of unbranched alkanes of at least 4 members (excludes halogenated alkanes) is 2. The van der Waals surface area contributed by atoms with Crippen molar-refractivity contribution >= 4 is 11.9 Å². The molecule has 0 aliphatic heterocycles. The maximum Gasteiger partial charge on any atom is 0.181 e. The zero-order valence-electron chi connectivity index (χ0n) is 11.9. The number of hydrogen-bond donors (Lipinski definition) is 0. The monoisotopic (exact) mass is 266 g/mol. The van der Waals surface area contributed by atoms with E-state index in [2.05, 4.69) is 19.2 Å². The molecule has 1 heteroatoms. The van der Waals surface area contributed by atoms with Gasteiger partial charge in [-0.15, -0.1) is 0 Å². The number of rotatable bonds is 9. The van der Waals surface area contributed by atoms with Gasteiger partial charge in [0, 0.05) is 5.57 Å². The van der Waals surface area contributed by atoms with Gasteiger partial charge in [0.2, 0.25) is 0 Å². The molecule has 104 valence electrons. The number of hydrogen-bond acceptors (Lipinski definition) is 1. The van der Waals surface area contributed by atoms with E-state index in [0.29, 0.717) is 0 Å². The van der Waals surface area contributed by atoms with Gasteiger partial charge in [-0.2, -0.15) is 0 Å². The third kappa shape index (κ3) is 6.14. The molecule has 0 amide bonds. The lowest BCUT2D eigenvalue weighted by Crippen LogP contribution is -1.98. The van der Waals surface area contributed by atoms with Crippen LogP contribution >= 0.6 is 0 Å². The van der Waals surface area contributed by atoms with Crippen molar-refractivity contribution in [2.75, 3.05) is 0 Å². The molecule has 0 N–H and O–H groups in total. The molecule has 0 aliphatic rings. The Kier molecular flexibility index (Phi) is 7.74. The molecular formula is C19H22O. The van der Waals surface area contributed by atoms with Crippen molar-refractivity contribution in [2.45, 2.75) is 25.7 Å². The fourth-order valence-corrected chi connectivity index (χ4v) is 1.92. The zero-order chi connectivity index (χ0) is 14.6. The van der Waals surface area contributed by atoms with Crippen molar-refractivity contribution < 1.29 is 4.79 Å². The van der Waals surface area contributed by atoms with E-state index in [1.807, 2.05) is 42.5 Å². The van der Waals surface area contributed by atoms with Gasteiger partial charge in [0.1, 0.15) is 0 Å².